The second kappa shape index (κ2) is 7.87. The van der Waals surface area contributed by atoms with Crippen molar-refractivity contribution < 1.29 is 29.0 Å². The van der Waals surface area contributed by atoms with E-state index in [4.69, 9.17) is 9.84 Å². The van der Waals surface area contributed by atoms with Gasteiger partial charge in [0.1, 0.15) is 0 Å². The maximum Gasteiger partial charge on any atom is 0.417 e. The highest BCUT2D eigenvalue weighted by atomic mass is 16.6. The third-order valence-corrected chi connectivity index (χ3v) is 3.25. The van der Waals surface area contributed by atoms with E-state index in [1.165, 1.54) is 23.5 Å². The predicted octanol–water partition coefficient (Wildman–Crippen LogP) is 2.03. The van der Waals surface area contributed by atoms with Gasteiger partial charge in [0.25, 0.3) is 0 Å². The van der Waals surface area contributed by atoms with Crippen LogP contribution in [0, 0.1) is 0 Å². The molecule has 24 heavy (non-hydrogen) atoms. The normalized spacial score (nSPS) is 14.5. The topological polar surface area (TPSA) is 110 Å². The Morgan fingerprint density at radius 3 is 2.46 bits per heavy atom. The summed E-state index contributed by atoms with van der Waals surface area (Å²) in [6.45, 7) is 0. The van der Waals surface area contributed by atoms with Crippen molar-refractivity contribution in [2.45, 2.75) is 18.9 Å². The summed E-state index contributed by atoms with van der Waals surface area (Å²) in [5, 5.41) is 10.1. The number of nitrogens with one attached hydrogen (secondary N) is 1. The van der Waals surface area contributed by atoms with Crippen LogP contribution in [0.3, 0.4) is 0 Å². The lowest BCUT2D eigenvalue weighted by molar-refractivity contribution is -0.125. The third kappa shape index (κ3) is 4.91. The lowest BCUT2D eigenvalue weighted by Gasteiger charge is -2.19. The van der Waals surface area contributed by atoms with Gasteiger partial charge in [-0.1, -0.05) is 42.5 Å². The fourth-order valence-electron chi connectivity index (χ4n) is 2.17. The van der Waals surface area contributed by atoms with Crippen LogP contribution in [0.25, 0.3) is 0 Å². The summed E-state index contributed by atoms with van der Waals surface area (Å²) >= 11 is 0. The van der Waals surface area contributed by atoms with Crippen molar-refractivity contribution in [3.05, 3.63) is 59.7 Å². The molecule has 0 saturated heterocycles. The number of ketones is 2. The highest BCUT2D eigenvalue weighted by Crippen LogP contribution is 2.18. The van der Waals surface area contributed by atoms with E-state index in [0.29, 0.717) is 5.57 Å². The molecule has 7 heteroatoms. The molecule has 1 unspecified atom stereocenters. The first-order chi connectivity index (χ1) is 11.5. The smallest absolute Gasteiger partial charge is 0.417 e. The van der Waals surface area contributed by atoms with Gasteiger partial charge < -0.3 is 9.84 Å². The molecule has 2 amide bonds. The minimum Gasteiger partial charge on any atom is -0.465 e. The molecule has 2 rings (SSSR count). The van der Waals surface area contributed by atoms with Gasteiger partial charge in [-0.05, 0) is 17.2 Å². The van der Waals surface area contributed by atoms with E-state index in [-0.39, 0.29) is 18.6 Å². The van der Waals surface area contributed by atoms with Crippen molar-refractivity contribution in [3.8, 4) is 0 Å². The Morgan fingerprint density at radius 1 is 1.17 bits per heavy atom. The van der Waals surface area contributed by atoms with Crippen LogP contribution in [-0.4, -0.2) is 35.0 Å². The zero-order chi connectivity index (χ0) is 17.5. The quantitative estimate of drug-likeness (QED) is 0.855. The van der Waals surface area contributed by atoms with Crippen LogP contribution in [0.5, 0.6) is 0 Å². The average molecular weight is 329 g/mol. The van der Waals surface area contributed by atoms with Gasteiger partial charge in [-0.3, -0.25) is 9.59 Å². The zero-order valence-electron chi connectivity index (χ0n) is 12.6. The van der Waals surface area contributed by atoms with Gasteiger partial charge in [-0.15, -0.1) is 0 Å². The Balaban J connectivity index is 2.17. The minimum atomic E-state index is -1.59. The lowest BCUT2D eigenvalue weighted by Crippen LogP contribution is -2.37. The van der Waals surface area contributed by atoms with Crippen molar-refractivity contribution in [2.24, 2.45) is 0 Å². The number of allylic oxidation sites excluding steroid dienone is 2. The van der Waals surface area contributed by atoms with Crippen LogP contribution in [-0.2, 0) is 20.7 Å². The van der Waals surface area contributed by atoms with E-state index >= 15 is 0 Å². The molecule has 0 spiro atoms. The van der Waals surface area contributed by atoms with E-state index in [2.05, 4.69) is 0 Å². The number of imide groups is 1. The molecular weight excluding hydrogens is 314 g/mol. The third-order valence-electron chi connectivity index (χ3n) is 3.25. The number of carbonyl (C=O) groups excluding carboxylic acids is 3. The molecule has 1 aliphatic rings. The molecule has 0 heterocycles. The minimum absolute atomic E-state index is 0.00494. The summed E-state index contributed by atoms with van der Waals surface area (Å²) in [4.78, 5) is 45.8. The second-order valence-electron chi connectivity index (χ2n) is 5.05. The number of Topliss-reactive ketones (excluding diaryl/α,β-unsaturated/α-hetero) is 1. The first-order valence-corrected chi connectivity index (χ1v) is 7.14. The predicted molar refractivity (Wildman–Crippen MR) is 83.4 cm³/mol. The highest BCUT2D eigenvalue weighted by molar-refractivity contribution is 5.96. The molecule has 0 fully saturated rings. The van der Waals surface area contributed by atoms with E-state index in [1.807, 2.05) is 0 Å². The molecule has 2 N–H and O–H groups in total. The molecule has 1 atom stereocenters. The molecule has 1 aromatic rings. The maximum absolute atomic E-state index is 12.5. The molecule has 0 aliphatic heterocycles. The summed E-state index contributed by atoms with van der Waals surface area (Å²) in [5.41, 5.74) is 1.07. The Labute approximate surface area is 137 Å². The van der Waals surface area contributed by atoms with Gasteiger partial charge in [0.05, 0.1) is 0 Å². The van der Waals surface area contributed by atoms with E-state index in [9.17, 15) is 19.2 Å². The van der Waals surface area contributed by atoms with Gasteiger partial charge >= 0.3 is 12.2 Å². The second-order valence-corrected chi connectivity index (χ2v) is 5.05. The highest BCUT2D eigenvalue weighted by Gasteiger charge is 2.27. The molecule has 1 aliphatic carbocycles. The number of carbonyl (C=O) groups is 4. The van der Waals surface area contributed by atoms with E-state index < -0.39 is 24.1 Å². The fraction of sp³-hybridized carbons (Fsp3) is 0.176. The van der Waals surface area contributed by atoms with Gasteiger partial charge in [0.2, 0.25) is 0 Å². The maximum atomic E-state index is 12.5. The summed E-state index contributed by atoms with van der Waals surface area (Å²) in [6.07, 6.45) is 0.149. The van der Waals surface area contributed by atoms with Crippen molar-refractivity contribution in [1.82, 2.24) is 5.32 Å². The summed E-state index contributed by atoms with van der Waals surface area (Å²) in [5.74, 6) is -0.560. The molecular formula is C17H15NO6. The summed E-state index contributed by atoms with van der Waals surface area (Å²) in [6, 6.07) is 8.85. The molecule has 0 radical (unpaired) electrons. The lowest BCUT2D eigenvalue weighted by atomic mass is 9.95. The van der Waals surface area contributed by atoms with Crippen LogP contribution in [0.1, 0.15) is 12.0 Å². The zero-order valence-corrected chi connectivity index (χ0v) is 12.6. The fourth-order valence-corrected chi connectivity index (χ4v) is 2.17. The first-order valence-electron chi connectivity index (χ1n) is 7.14. The molecule has 1 aromatic carbocycles. The van der Waals surface area contributed by atoms with Gasteiger partial charge in [0.15, 0.2) is 17.7 Å². The molecule has 7 nitrogen and oxygen atoms in total. The summed E-state index contributed by atoms with van der Waals surface area (Å²) < 4.78 is 4.96. The number of carboxylic acid groups (broad SMARTS) is 1. The largest absolute Gasteiger partial charge is 0.465 e. The molecule has 0 saturated carbocycles. The van der Waals surface area contributed by atoms with Gasteiger partial charge in [-0.25, -0.2) is 14.9 Å². The number of amides is 2. The standard InChI is InChI=1S/C17H15NO6/c19-13-8-6-12(7-9-13)15(24-17(23)18-16(21)22)14(20)10-11-4-2-1-3-5-11/h1-8,15H,9-10H2,(H,18,23)(H,21,22). The van der Waals surface area contributed by atoms with Crippen LogP contribution in [0.2, 0.25) is 0 Å². The molecule has 0 bridgehead atoms. The van der Waals surface area contributed by atoms with Crippen molar-refractivity contribution in [1.29, 1.82) is 0 Å². The van der Waals surface area contributed by atoms with Crippen LogP contribution in [0.4, 0.5) is 9.59 Å². The number of hydrogen-bond acceptors (Lipinski definition) is 5. The Hall–Kier alpha value is -3.22. The van der Waals surface area contributed by atoms with Crippen LogP contribution in [0.15, 0.2) is 54.1 Å². The van der Waals surface area contributed by atoms with Gasteiger partial charge in [0, 0.05) is 12.8 Å². The molecule has 124 valence electrons. The number of rotatable bonds is 5. The average Bonchev–Trinajstić information content (AvgIpc) is 2.54. The number of benzene rings is 1. The van der Waals surface area contributed by atoms with E-state index in [0.717, 1.165) is 5.56 Å². The number of alkyl carbamates (subject to hydrolysis) is 1. The van der Waals surface area contributed by atoms with Crippen molar-refractivity contribution in [3.63, 3.8) is 0 Å². The SMILES string of the molecule is O=C1C=CC(C(OC(=O)NC(=O)O)C(=O)Cc2ccccc2)=CC1. The van der Waals surface area contributed by atoms with Crippen molar-refractivity contribution in [2.75, 3.05) is 0 Å². The molecule has 0 aromatic heterocycles. The Kier molecular flexibility index (Phi) is 5.62. The number of ether oxygens (including phenoxy) is 1. The summed E-state index contributed by atoms with van der Waals surface area (Å²) in [7, 11) is 0. The Bertz CT molecular complexity index is 720. The monoisotopic (exact) mass is 329 g/mol. The van der Waals surface area contributed by atoms with E-state index in [1.54, 1.807) is 30.3 Å². The van der Waals surface area contributed by atoms with Crippen LogP contribution >= 0.6 is 0 Å². The van der Waals surface area contributed by atoms with Crippen LogP contribution < -0.4 is 5.32 Å². The number of hydrogen-bond donors (Lipinski definition) is 2. The first kappa shape index (κ1) is 17.1. The van der Waals surface area contributed by atoms with Gasteiger partial charge in [-0.2, -0.15) is 0 Å². The Morgan fingerprint density at radius 2 is 1.88 bits per heavy atom. The van der Waals surface area contributed by atoms with Crippen molar-refractivity contribution >= 4 is 23.8 Å².